The minimum Gasteiger partial charge on any atom is -0.496 e. The number of aliphatic hydroxyl groups excluding tert-OH is 1. The molecule has 1 amide bonds. The number of carbonyl (C=O) groups is 1. The van der Waals surface area contributed by atoms with Crippen LogP contribution in [-0.4, -0.2) is 49.8 Å². The number of aliphatic hydroxyl groups is 1. The van der Waals surface area contributed by atoms with Crippen molar-refractivity contribution in [2.75, 3.05) is 33.9 Å². The summed E-state index contributed by atoms with van der Waals surface area (Å²) in [5.74, 6) is 1.94. The Morgan fingerprint density at radius 3 is 2.74 bits per heavy atom. The minimum atomic E-state index is -0.763. The van der Waals surface area contributed by atoms with Crippen LogP contribution in [0.5, 0.6) is 11.5 Å². The van der Waals surface area contributed by atoms with Gasteiger partial charge in [-0.2, -0.15) is 0 Å². The average Bonchev–Trinajstić information content (AvgIpc) is 3.11. The molecule has 4 rings (SSSR count). The normalized spacial score (nSPS) is 29.4. The summed E-state index contributed by atoms with van der Waals surface area (Å²) in [6, 6.07) is 3.66. The third-order valence-corrected chi connectivity index (χ3v) is 6.54. The molecule has 2 fully saturated rings. The summed E-state index contributed by atoms with van der Waals surface area (Å²) in [7, 11) is 3.22. The van der Waals surface area contributed by atoms with Crippen molar-refractivity contribution in [3.8, 4) is 11.5 Å². The van der Waals surface area contributed by atoms with Gasteiger partial charge in [0.2, 0.25) is 5.91 Å². The molecular formula is C20H29ClN2O4. The monoisotopic (exact) mass is 396 g/mol. The molecule has 2 heterocycles. The number of rotatable bonds is 3. The zero-order chi connectivity index (χ0) is 18.3. The Labute approximate surface area is 166 Å². The first-order valence-corrected chi connectivity index (χ1v) is 9.52. The maximum atomic E-state index is 13.6. The van der Waals surface area contributed by atoms with Crippen molar-refractivity contribution in [3.05, 3.63) is 23.3 Å². The molecule has 3 aliphatic rings. The highest BCUT2D eigenvalue weighted by atomic mass is 35.5. The van der Waals surface area contributed by atoms with Gasteiger partial charge in [-0.1, -0.05) is 12.8 Å². The predicted octanol–water partition coefficient (Wildman–Crippen LogP) is 2.28. The Morgan fingerprint density at radius 1 is 1.26 bits per heavy atom. The number of β-amino-alcohol motifs (C(OH)–C–C–N with tert-alkyl or cyclic N) is 1. The van der Waals surface area contributed by atoms with Crippen LogP contribution in [-0.2, 0) is 11.3 Å². The zero-order valence-electron chi connectivity index (χ0n) is 16.0. The fraction of sp³-hybridized carbons (Fsp3) is 0.650. The second kappa shape index (κ2) is 7.86. The quantitative estimate of drug-likeness (QED) is 0.820. The third-order valence-electron chi connectivity index (χ3n) is 6.54. The van der Waals surface area contributed by atoms with Gasteiger partial charge in [0.1, 0.15) is 17.6 Å². The molecule has 1 aliphatic carbocycles. The Morgan fingerprint density at radius 2 is 2.00 bits per heavy atom. The number of halogens is 1. The summed E-state index contributed by atoms with van der Waals surface area (Å²) in [6.07, 6.45) is 3.60. The van der Waals surface area contributed by atoms with Crippen molar-refractivity contribution >= 4 is 18.3 Å². The summed E-state index contributed by atoms with van der Waals surface area (Å²) in [5.41, 5.74) is 1.30. The highest BCUT2D eigenvalue weighted by Gasteiger charge is 2.52. The van der Waals surface area contributed by atoms with E-state index in [2.05, 4.69) is 5.32 Å². The molecule has 1 saturated heterocycles. The maximum Gasteiger partial charge on any atom is 0.230 e. The molecule has 1 unspecified atom stereocenters. The molecule has 6 nitrogen and oxygen atoms in total. The van der Waals surface area contributed by atoms with Gasteiger partial charge in [0.05, 0.1) is 26.2 Å². The fourth-order valence-electron chi connectivity index (χ4n) is 5.21. The molecule has 3 atom stereocenters. The topological polar surface area (TPSA) is 71.0 Å². The molecule has 2 N–H and O–H groups in total. The van der Waals surface area contributed by atoms with Gasteiger partial charge < -0.3 is 24.8 Å². The van der Waals surface area contributed by atoms with Crippen LogP contribution in [0.4, 0.5) is 0 Å². The van der Waals surface area contributed by atoms with Crippen LogP contribution in [0.1, 0.15) is 42.9 Å². The summed E-state index contributed by atoms with van der Waals surface area (Å²) >= 11 is 0. The van der Waals surface area contributed by atoms with Crippen LogP contribution in [0, 0.1) is 11.3 Å². The summed E-state index contributed by atoms with van der Waals surface area (Å²) in [6.45, 7) is 2.45. The number of ether oxygens (including phenoxy) is 2. The number of hydrogen-bond donors (Lipinski definition) is 2. The van der Waals surface area contributed by atoms with Crippen molar-refractivity contribution in [2.24, 2.45) is 11.3 Å². The van der Waals surface area contributed by atoms with E-state index in [0.29, 0.717) is 30.5 Å². The van der Waals surface area contributed by atoms with E-state index in [9.17, 15) is 9.90 Å². The van der Waals surface area contributed by atoms with Crippen LogP contribution in [0.3, 0.4) is 0 Å². The van der Waals surface area contributed by atoms with Gasteiger partial charge in [-0.15, -0.1) is 12.4 Å². The smallest absolute Gasteiger partial charge is 0.230 e. The van der Waals surface area contributed by atoms with Gasteiger partial charge in [-0.3, -0.25) is 4.79 Å². The number of amides is 1. The van der Waals surface area contributed by atoms with Gasteiger partial charge in [-0.25, -0.2) is 0 Å². The molecule has 1 aromatic rings. The number of carbonyl (C=O) groups excluding carboxylic acids is 1. The number of fused-ring (bicyclic) bond motifs is 2. The number of benzene rings is 1. The second-order valence-electron chi connectivity index (χ2n) is 7.79. The first kappa shape index (κ1) is 20.2. The van der Waals surface area contributed by atoms with E-state index in [1.54, 1.807) is 14.2 Å². The van der Waals surface area contributed by atoms with E-state index in [1.165, 1.54) is 6.42 Å². The number of methoxy groups -OCH3 is 2. The number of hydrogen-bond acceptors (Lipinski definition) is 5. The first-order chi connectivity index (χ1) is 12.6. The summed E-state index contributed by atoms with van der Waals surface area (Å²) in [5, 5.41) is 14.2. The molecule has 0 radical (unpaired) electrons. The Bertz CT molecular complexity index is 713. The summed E-state index contributed by atoms with van der Waals surface area (Å²) in [4.78, 5) is 15.4. The van der Waals surface area contributed by atoms with Crippen molar-refractivity contribution in [1.82, 2.24) is 10.2 Å². The van der Waals surface area contributed by atoms with Crippen LogP contribution in [0.25, 0.3) is 0 Å². The van der Waals surface area contributed by atoms with E-state index < -0.39 is 6.10 Å². The number of nitrogens with zero attached hydrogens (tertiary/aromatic N) is 1. The molecule has 7 heteroatoms. The summed E-state index contributed by atoms with van der Waals surface area (Å²) < 4.78 is 10.9. The van der Waals surface area contributed by atoms with Gasteiger partial charge in [-0.05, 0) is 37.4 Å². The second-order valence-corrected chi connectivity index (χ2v) is 7.79. The maximum absolute atomic E-state index is 13.6. The van der Waals surface area contributed by atoms with Gasteiger partial charge in [0.15, 0.2) is 0 Å². The predicted molar refractivity (Wildman–Crippen MR) is 104 cm³/mol. The van der Waals surface area contributed by atoms with Crippen molar-refractivity contribution in [3.63, 3.8) is 0 Å². The third kappa shape index (κ3) is 3.18. The van der Waals surface area contributed by atoms with Crippen molar-refractivity contribution in [1.29, 1.82) is 0 Å². The zero-order valence-corrected chi connectivity index (χ0v) is 16.8. The van der Waals surface area contributed by atoms with E-state index in [-0.39, 0.29) is 23.7 Å². The lowest BCUT2D eigenvalue weighted by Crippen LogP contribution is -2.51. The Hall–Kier alpha value is -1.50. The van der Waals surface area contributed by atoms with Crippen molar-refractivity contribution in [2.45, 2.75) is 38.3 Å². The molecule has 0 spiro atoms. The highest BCUT2D eigenvalue weighted by Crippen LogP contribution is 2.47. The molecule has 27 heavy (non-hydrogen) atoms. The van der Waals surface area contributed by atoms with Crippen LogP contribution < -0.4 is 14.8 Å². The fourth-order valence-corrected chi connectivity index (χ4v) is 5.21. The highest BCUT2D eigenvalue weighted by molar-refractivity contribution is 5.85. The standard InChI is InChI=1S/C20H28N2O4.ClH/c1-25-16-6-7-17(26-2)18-14(16)10-22(11-15(18)23)19(24)20-8-4-3-5-13(20)9-21-12-20;/h6-7,13,15,21,23H,3-5,8-12H2,1-2H3;1H/t13-,15?,20+;/m0./s1. The lowest BCUT2D eigenvalue weighted by atomic mass is 9.67. The Kier molecular flexibility index (Phi) is 5.89. The molecule has 1 aromatic carbocycles. The molecule has 150 valence electrons. The van der Waals surface area contributed by atoms with Crippen LogP contribution in [0.15, 0.2) is 12.1 Å². The first-order valence-electron chi connectivity index (χ1n) is 9.52. The largest absolute Gasteiger partial charge is 0.496 e. The SMILES string of the molecule is COc1ccc(OC)c2c1CN(C(=O)[C@@]13CCCC[C@H]1CNC3)CC2O.Cl. The minimum absolute atomic E-state index is 0. The van der Waals surface area contributed by atoms with E-state index in [0.717, 1.165) is 43.5 Å². The van der Waals surface area contributed by atoms with Gasteiger partial charge in [0.25, 0.3) is 0 Å². The van der Waals surface area contributed by atoms with Gasteiger partial charge in [0, 0.05) is 24.2 Å². The molecular weight excluding hydrogens is 368 g/mol. The van der Waals surface area contributed by atoms with E-state index in [4.69, 9.17) is 9.47 Å². The van der Waals surface area contributed by atoms with Gasteiger partial charge >= 0.3 is 0 Å². The Balaban J connectivity index is 0.00000210. The molecule has 0 bridgehead atoms. The van der Waals surface area contributed by atoms with E-state index in [1.807, 2.05) is 17.0 Å². The number of nitrogens with one attached hydrogen (secondary N) is 1. The molecule has 0 aromatic heterocycles. The van der Waals surface area contributed by atoms with E-state index >= 15 is 0 Å². The lowest BCUT2D eigenvalue weighted by molar-refractivity contribution is -0.148. The van der Waals surface area contributed by atoms with Crippen LogP contribution >= 0.6 is 12.4 Å². The average molecular weight is 397 g/mol. The molecule has 1 saturated carbocycles. The lowest BCUT2D eigenvalue weighted by Gasteiger charge is -2.43. The molecule has 2 aliphatic heterocycles. The van der Waals surface area contributed by atoms with Crippen molar-refractivity contribution < 1.29 is 19.4 Å². The van der Waals surface area contributed by atoms with Crippen LogP contribution in [0.2, 0.25) is 0 Å².